The zero-order valence-electron chi connectivity index (χ0n) is 9.26. The predicted molar refractivity (Wildman–Crippen MR) is 71.1 cm³/mol. The van der Waals surface area contributed by atoms with Crippen molar-refractivity contribution in [3.05, 3.63) is 41.3 Å². The van der Waals surface area contributed by atoms with Crippen LogP contribution in [-0.2, 0) is 0 Å². The lowest BCUT2D eigenvalue weighted by Gasteiger charge is -2.02. The lowest BCUT2D eigenvalue weighted by Crippen LogP contribution is -1.93. The van der Waals surface area contributed by atoms with Crippen LogP contribution in [0.2, 0.25) is 5.15 Å². The minimum Gasteiger partial charge on any atom is -0.404 e. The SMILES string of the molecule is CN=CC(=CN)c1cnc2ccc(Cl)nc2c1. The number of rotatable bonds is 2. The summed E-state index contributed by atoms with van der Waals surface area (Å²) in [5.74, 6) is 0. The van der Waals surface area contributed by atoms with Crippen molar-refractivity contribution in [2.75, 3.05) is 7.05 Å². The normalized spacial score (nSPS) is 12.5. The van der Waals surface area contributed by atoms with Gasteiger partial charge in [0, 0.05) is 36.8 Å². The molecule has 0 fully saturated rings. The average Bonchev–Trinajstić information content (AvgIpc) is 2.35. The van der Waals surface area contributed by atoms with Crippen molar-refractivity contribution in [2.45, 2.75) is 0 Å². The van der Waals surface area contributed by atoms with Crippen molar-refractivity contribution in [1.29, 1.82) is 0 Å². The van der Waals surface area contributed by atoms with E-state index < -0.39 is 0 Å². The Morgan fingerprint density at radius 3 is 2.94 bits per heavy atom. The predicted octanol–water partition coefficient (Wildman–Crippen LogP) is 2.28. The molecule has 0 amide bonds. The summed E-state index contributed by atoms with van der Waals surface area (Å²) in [5, 5.41) is 0.443. The summed E-state index contributed by atoms with van der Waals surface area (Å²) in [6.07, 6.45) is 4.89. The molecule has 4 nitrogen and oxygen atoms in total. The number of aliphatic imine (C=N–C) groups is 1. The smallest absolute Gasteiger partial charge is 0.129 e. The van der Waals surface area contributed by atoms with Crippen LogP contribution in [0, 0.1) is 0 Å². The highest BCUT2D eigenvalue weighted by Gasteiger charge is 2.03. The molecule has 0 spiro atoms. The highest BCUT2D eigenvalue weighted by Crippen LogP contribution is 2.18. The van der Waals surface area contributed by atoms with E-state index in [9.17, 15) is 0 Å². The van der Waals surface area contributed by atoms with E-state index in [4.69, 9.17) is 17.3 Å². The summed E-state index contributed by atoms with van der Waals surface area (Å²) in [6, 6.07) is 5.42. The van der Waals surface area contributed by atoms with E-state index >= 15 is 0 Å². The van der Waals surface area contributed by atoms with Gasteiger partial charge in [0.1, 0.15) is 5.15 Å². The highest BCUT2D eigenvalue weighted by molar-refractivity contribution is 6.29. The molecule has 0 unspecified atom stereocenters. The van der Waals surface area contributed by atoms with Gasteiger partial charge in [-0.1, -0.05) is 11.6 Å². The zero-order valence-corrected chi connectivity index (χ0v) is 10.0. The summed E-state index contributed by atoms with van der Waals surface area (Å²) in [5.41, 5.74) is 8.72. The van der Waals surface area contributed by atoms with Crippen LogP contribution in [0.5, 0.6) is 0 Å². The Hall–Kier alpha value is -1.94. The third-order valence-electron chi connectivity index (χ3n) is 2.28. The van der Waals surface area contributed by atoms with E-state index in [1.165, 1.54) is 6.20 Å². The third kappa shape index (κ3) is 2.42. The second-order valence-corrected chi connectivity index (χ2v) is 3.79. The van der Waals surface area contributed by atoms with Crippen LogP contribution in [0.1, 0.15) is 5.56 Å². The number of nitrogens with zero attached hydrogens (tertiary/aromatic N) is 3. The van der Waals surface area contributed by atoms with Crippen LogP contribution in [0.4, 0.5) is 0 Å². The van der Waals surface area contributed by atoms with E-state index in [0.717, 1.165) is 22.2 Å². The largest absolute Gasteiger partial charge is 0.404 e. The first-order valence-corrected chi connectivity index (χ1v) is 5.39. The van der Waals surface area contributed by atoms with Gasteiger partial charge < -0.3 is 5.73 Å². The van der Waals surface area contributed by atoms with E-state index in [0.29, 0.717) is 5.15 Å². The van der Waals surface area contributed by atoms with E-state index in [-0.39, 0.29) is 0 Å². The number of allylic oxidation sites excluding steroid dienone is 1. The Balaban J connectivity index is 2.57. The Morgan fingerprint density at radius 1 is 1.41 bits per heavy atom. The van der Waals surface area contributed by atoms with Gasteiger partial charge in [-0.25, -0.2) is 4.98 Å². The number of fused-ring (bicyclic) bond motifs is 1. The zero-order chi connectivity index (χ0) is 12.3. The fourth-order valence-corrected chi connectivity index (χ4v) is 1.65. The van der Waals surface area contributed by atoms with Gasteiger partial charge in [-0.05, 0) is 18.2 Å². The van der Waals surface area contributed by atoms with Crippen molar-refractivity contribution in [2.24, 2.45) is 10.7 Å². The molecule has 86 valence electrons. The molecule has 5 heteroatoms. The minimum absolute atomic E-state index is 0.443. The van der Waals surface area contributed by atoms with Gasteiger partial charge in [0.05, 0.1) is 11.0 Å². The monoisotopic (exact) mass is 246 g/mol. The lowest BCUT2D eigenvalue weighted by molar-refractivity contribution is 1.32. The maximum absolute atomic E-state index is 5.84. The standard InChI is InChI=1S/C12H11ClN4/c1-15-6-9(5-14)8-4-11-10(16-7-8)2-3-12(13)17-11/h2-7H,14H2,1H3. The second-order valence-electron chi connectivity index (χ2n) is 3.41. The fourth-order valence-electron chi connectivity index (χ4n) is 1.49. The van der Waals surface area contributed by atoms with Crippen LogP contribution < -0.4 is 5.73 Å². The molecule has 0 radical (unpaired) electrons. The number of aromatic nitrogens is 2. The number of halogens is 1. The summed E-state index contributed by atoms with van der Waals surface area (Å²) < 4.78 is 0. The molecule has 2 rings (SSSR count). The summed E-state index contributed by atoms with van der Waals surface area (Å²) in [4.78, 5) is 12.4. The van der Waals surface area contributed by atoms with Gasteiger partial charge in [-0.3, -0.25) is 9.98 Å². The highest BCUT2D eigenvalue weighted by atomic mass is 35.5. The van der Waals surface area contributed by atoms with Gasteiger partial charge in [0.25, 0.3) is 0 Å². The number of hydrogen-bond donors (Lipinski definition) is 1. The summed E-state index contributed by atoms with van der Waals surface area (Å²) in [6.45, 7) is 0. The maximum atomic E-state index is 5.84. The molecule has 2 aromatic rings. The molecule has 0 saturated carbocycles. The molecule has 2 aromatic heterocycles. The van der Waals surface area contributed by atoms with E-state index in [1.807, 2.05) is 12.1 Å². The molecule has 17 heavy (non-hydrogen) atoms. The number of pyridine rings is 2. The quantitative estimate of drug-likeness (QED) is 0.653. The Labute approximate surface area is 104 Å². The van der Waals surface area contributed by atoms with Crippen molar-refractivity contribution in [3.63, 3.8) is 0 Å². The van der Waals surface area contributed by atoms with Crippen LogP contribution >= 0.6 is 11.6 Å². The second kappa shape index (κ2) is 4.93. The van der Waals surface area contributed by atoms with Gasteiger partial charge in [0.2, 0.25) is 0 Å². The van der Waals surface area contributed by atoms with Gasteiger partial charge in [-0.2, -0.15) is 0 Å². The Morgan fingerprint density at radius 2 is 2.24 bits per heavy atom. The molecule has 0 aliphatic heterocycles. The molecule has 0 saturated heterocycles. The van der Waals surface area contributed by atoms with Gasteiger partial charge in [-0.15, -0.1) is 0 Å². The van der Waals surface area contributed by atoms with Crippen molar-refractivity contribution in [1.82, 2.24) is 9.97 Å². The first-order chi connectivity index (χ1) is 8.24. The summed E-state index contributed by atoms with van der Waals surface area (Å²) >= 11 is 5.84. The Kier molecular flexibility index (Phi) is 3.35. The number of nitrogens with two attached hydrogens (primary N) is 1. The fraction of sp³-hybridized carbons (Fsp3) is 0.0833. The molecule has 2 N–H and O–H groups in total. The first kappa shape index (κ1) is 11.5. The molecule has 2 heterocycles. The average molecular weight is 247 g/mol. The maximum Gasteiger partial charge on any atom is 0.129 e. The van der Waals surface area contributed by atoms with Crippen LogP contribution in [0.15, 0.2) is 35.6 Å². The molecule has 0 bridgehead atoms. The minimum atomic E-state index is 0.443. The van der Waals surface area contributed by atoms with Crippen LogP contribution in [0.25, 0.3) is 16.6 Å². The van der Waals surface area contributed by atoms with E-state index in [1.54, 1.807) is 25.5 Å². The molecular weight excluding hydrogens is 236 g/mol. The molecule has 0 aromatic carbocycles. The molecular formula is C12H11ClN4. The topological polar surface area (TPSA) is 64.2 Å². The van der Waals surface area contributed by atoms with E-state index in [2.05, 4.69) is 15.0 Å². The molecule has 0 atom stereocenters. The third-order valence-corrected chi connectivity index (χ3v) is 2.49. The van der Waals surface area contributed by atoms with Gasteiger partial charge >= 0.3 is 0 Å². The summed E-state index contributed by atoms with van der Waals surface area (Å²) in [7, 11) is 1.69. The lowest BCUT2D eigenvalue weighted by atomic mass is 10.1. The number of hydrogen-bond acceptors (Lipinski definition) is 4. The van der Waals surface area contributed by atoms with Gasteiger partial charge in [0.15, 0.2) is 0 Å². The first-order valence-electron chi connectivity index (χ1n) is 5.01. The van der Waals surface area contributed by atoms with Crippen LogP contribution in [0.3, 0.4) is 0 Å². The van der Waals surface area contributed by atoms with Crippen molar-refractivity contribution >= 4 is 34.4 Å². The molecule has 0 aliphatic carbocycles. The van der Waals surface area contributed by atoms with Crippen molar-refractivity contribution < 1.29 is 0 Å². The Bertz CT molecular complexity index is 604. The van der Waals surface area contributed by atoms with Crippen LogP contribution in [-0.4, -0.2) is 23.2 Å². The molecule has 0 aliphatic rings. The van der Waals surface area contributed by atoms with Crippen molar-refractivity contribution in [3.8, 4) is 0 Å².